The molecule has 0 aliphatic carbocycles. The fourth-order valence-corrected chi connectivity index (χ4v) is 4.35. The molecule has 2 aliphatic heterocycles. The van der Waals surface area contributed by atoms with Gasteiger partial charge in [-0.25, -0.2) is 0 Å². The van der Waals surface area contributed by atoms with E-state index in [2.05, 4.69) is 4.90 Å². The van der Waals surface area contributed by atoms with Crippen LogP contribution in [0.2, 0.25) is 0 Å². The molecule has 1 atom stereocenters. The summed E-state index contributed by atoms with van der Waals surface area (Å²) in [5, 5.41) is 0. The maximum atomic E-state index is 12.5. The molecule has 1 unspecified atom stereocenters. The number of methoxy groups -OCH3 is 2. The monoisotopic (exact) mass is 350 g/mol. The average Bonchev–Trinajstić information content (AvgIpc) is 3.22. The summed E-state index contributed by atoms with van der Waals surface area (Å²) in [7, 11) is 3.52. The molecule has 3 heterocycles. The van der Waals surface area contributed by atoms with Crippen molar-refractivity contribution in [3.63, 3.8) is 0 Å². The van der Waals surface area contributed by atoms with E-state index in [0.717, 1.165) is 64.4 Å². The van der Waals surface area contributed by atoms with Gasteiger partial charge in [-0.15, -0.1) is 0 Å². The number of hydrogen-bond acceptors (Lipinski definition) is 5. The molecule has 6 heteroatoms. The van der Waals surface area contributed by atoms with Crippen molar-refractivity contribution >= 4 is 5.91 Å². The molecule has 3 rings (SSSR count). The van der Waals surface area contributed by atoms with Crippen LogP contribution in [0.1, 0.15) is 25.0 Å². The molecule has 1 aromatic rings. The van der Waals surface area contributed by atoms with Crippen LogP contribution in [0.25, 0.3) is 0 Å². The maximum absolute atomic E-state index is 12.5. The summed E-state index contributed by atoms with van der Waals surface area (Å²) in [6.07, 6.45) is 5.29. The van der Waals surface area contributed by atoms with Crippen LogP contribution >= 0.6 is 0 Å². The van der Waals surface area contributed by atoms with Crippen molar-refractivity contribution in [1.82, 2.24) is 9.80 Å². The number of hydrogen-bond donors (Lipinski definition) is 0. The number of rotatable bonds is 7. The van der Waals surface area contributed by atoms with Gasteiger partial charge in [-0.2, -0.15) is 0 Å². The second kappa shape index (κ2) is 8.34. The van der Waals surface area contributed by atoms with E-state index in [9.17, 15) is 4.79 Å². The minimum Gasteiger partial charge on any atom is -0.469 e. The maximum Gasteiger partial charge on any atom is 0.230 e. The van der Waals surface area contributed by atoms with Gasteiger partial charge in [0, 0.05) is 46.4 Å². The molecular weight excluding hydrogens is 320 g/mol. The number of nitrogens with zero attached hydrogens (tertiary/aromatic N) is 2. The van der Waals surface area contributed by atoms with Crippen molar-refractivity contribution in [2.75, 3.05) is 53.6 Å². The first kappa shape index (κ1) is 18.4. The van der Waals surface area contributed by atoms with Crippen LogP contribution in [0.4, 0.5) is 0 Å². The summed E-state index contributed by atoms with van der Waals surface area (Å²) >= 11 is 0. The predicted molar refractivity (Wildman–Crippen MR) is 94.4 cm³/mol. The molecule has 1 amide bonds. The largest absolute Gasteiger partial charge is 0.469 e. The topological polar surface area (TPSA) is 55.2 Å². The van der Waals surface area contributed by atoms with E-state index in [1.54, 1.807) is 20.5 Å². The molecule has 0 N–H and O–H groups in total. The molecule has 0 aromatic carbocycles. The van der Waals surface area contributed by atoms with Crippen LogP contribution in [0, 0.1) is 5.41 Å². The Labute approximate surface area is 150 Å². The summed E-state index contributed by atoms with van der Waals surface area (Å²) in [5.74, 6) is 0.921. The molecule has 2 aliphatic rings. The van der Waals surface area contributed by atoms with Crippen molar-refractivity contribution in [2.24, 2.45) is 5.41 Å². The third kappa shape index (κ3) is 4.43. The molecule has 0 radical (unpaired) electrons. The van der Waals surface area contributed by atoms with Gasteiger partial charge in [0.05, 0.1) is 25.9 Å². The molecule has 0 saturated carbocycles. The third-order valence-corrected chi connectivity index (χ3v) is 5.75. The lowest BCUT2D eigenvalue weighted by atomic mass is 9.76. The molecule has 2 saturated heterocycles. The minimum atomic E-state index is 0.174. The van der Waals surface area contributed by atoms with E-state index in [1.807, 2.05) is 17.0 Å². The van der Waals surface area contributed by atoms with Gasteiger partial charge in [-0.1, -0.05) is 0 Å². The van der Waals surface area contributed by atoms with Crippen LogP contribution in [0.15, 0.2) is 22.8 Å². The Balaban J connectivity index is 1.54. The third-order valence-electron chi connectivity index (χ3n) is 5.75. The van der Waals surface area contributed by atoms with E-state index in [0.29, 0.717) is 17.9 Å². The number of ether oxygens (including phenoxy) is 2. The van der Waals surface area contributed by atoms with Crippen LogP contribution in [-0.4, -0.2) is 75.4 Å². The summed E-state index contributed by atoms with van der Waals surface area (Å²) in [6, 6.07) is 4.16. The Morgan fingerprint density at radius 1 is 1.32 bits per heavy atom. The van der Waals surface area contributed by atoms with Crippen molar-refractivity contribution in [2.45, 2.75) is 31.7 Å². The fourth-order valence-electron chi connectivity index (χ4n) is 4.35. The average molecular weight is 350 g/mol. The zero-order valence-electron chi connectivity index (χ0n) is 15.4. The normalized spacial score (nSPS) is 23.4. The van der Waals surface area contributed by atoms with E-state index < -0.39 is 0 Å². The first-order chi connectivity index (χ1) is 12.2. The summed E-state index contributed by atoms with van der Waals surface area (Å²) in [6.45, 7) is 5.25. The van der Waals surface area contributed by atoms with E-state index >= 15 is 0 Å². The highest BCUT2D eigenvalue weighted by molar-refractivity contribution is 5.78. The number of likely N-dealkylation sites (tertiary alicyclic amines) is 2. The van der Waals surface area contributed by atoms with Crippen molar-refractivity contribution in [3.8, 4) is 0 Å². The Hall–Kier alpha value is -1.37. The Bertz CT molecular complexity index is 538. The standard InChI is InChI=1S/C19H30N2O4/c1-23-11-9-21-15-19(13-16(21)14-24-2)5-7-20(8-6-19)18(22)12-17-4-3-10-25-17/h3-4,10,16H,5-9,11-15H2,1-2H3. The summed E-state index contributed by atoms with van der Waals surface area (Å²) in [5.41, 5.74) is 0.318. The first-order valence-electron chi connectivity index (χ1n) is 9.18. The Morgan fingerprint density at radius 3 is 2.76 bits per heavy atom. The molecular formula is C19H30N2O4. The van der Waals surface area contributed by atoms with Crippen molar-refractivity contribution < 1.29 is 18.7 Å². The molecule has 6 nitrogen and oxygen atoms in total. The van der Waals surface area contributed by atoms with Crippen LogP contribution in [0.3, 0.4) is 0 Å². The number of carbonyl (C=O) groups excluding carboxylic acids is 1. The fraction of sp³-hybridized carbons (Fsp3) is 0.737. The lowest BCUT2D eigenvalue weighted by Gasteiger charge is -2.39. The quantitative estimate of drug-likeness (QED) is 0.751. The summed E-state index contributed by atoms with van der Waals surface area (Å²) in [4.78, 5) is 17.0. The Kier molecular flexibility index (Phi) is 6.15. The second-order valence-corrected chi connectivity index (χ2v) is 7.41. The van der Waals surface area contributed by atoms with Crippen molar-refractivity contribution in [3.05, 3.63) is 24.2 Å². The smallest absolute Gasteiger partial charge is 0.230 e. The second-order valence-electron chi connectivity index (χ2n) is 7.41. The van der Waals surface area contributed by atoms with Gasteiger partial charge in [0.25, 0.3) is 0 Å². The van der Waals surface area contributed by atoms with Gasteiger partial charge in [-0.05, 0) is 36.8 Å². The van der Waals surface area contributed by atoms with E-state index in [-0.39, 0.29) is 5.91 Å². The highest BCUT2D eigenvalue weighted by Crippen LogP contribution is 2.43. The highest BCUT2D eigenvalue weighted by Gasteiger charge is 2.45. The molecule has 2 fully saturated rings. The lowest BCUT2D eigenvalue weighted by molar-refractivity contribution is -0.133. The molecule has 1 spiro atoms. The zero-order chi connectivity index (χ0) is 17.7. The van der Waals surface area contributed by atoms with Crippen LogP contribution < -0.4 is 0 Å². The van der Waals surface area contributed by atoms with E-state index in [1.165, 1.54) is 0 Å². The number of amides is 1. The highest BCUT2D eigenvalue weighted by atomic mass is 16.5. The van der Waals surface area contributed by atoms with Gasteiger partial charge in [-0.3, -0.25) is 9.69 Å². The van der Waals surface area contributed by atoms with Crippen LogP contribution in [-0.2, 0) is 20.7 Å². The van der Waals surface area contributed by atoms with Gasteiger partial charge < -0.3 is 18.8 Å². The SMILES string of the molecule is COCCN1CC2(CCN(C(=O)Cc3ccco3)CC2)CC1COC. The van der Waals surface area contributed by atoms with Gasteiger partial charge in [0.1, 0.15) is 5.76 Å². The van der Waals surface area contributed by atoms with E-state index in [4.69, 9.17) is 13.9 Å². The van der Waals surface area contributed by atoms with Gasteiger partial charge >= 0.3 is 0 Å². The molecule has 25 heavy (non-hydrogen) atoms. The number of furan rings is 1. The zero-order valence-corrected chi connectivity index (χ0v) is 15.4. The number of carbonyl (C=O) groups is 1. The molecule has 1 aromatic heterocycles. The van der Waals surface area contributed by atoms with Gasteiger partial charge in [0.2, 0.25) is 5.91 Å². The van der Waals surface area contributed by atoms with Crippen molar-refractivity contribution in [1.29, 1.82) is 0 Å². The lowest BCUT2D eigenvalue weighted by Crippen LogP contribution is -2.45. The number of piperidine rings is 1. The molecule has 0 bridgehead atoms. The van der Waals surface area contributed by atoms with Gasteiger partial charge in [0.15, 0.2) is 0 Å². The Morgan fingerprint density at radius 2 is 2.12 bits per heavy atom. The predicted octanol–water partition coefficient (Wildman–Crippen LogP) is 1.80. The molecule has 140 valence electrons. The summed E-state index contributed by atoms with van der Waals surface area (Å²) < 4.78 is 16.0. The van der Waals surface area contributed by atoms with Crippen LogP contribution in [0.5, 0.6) is 0 Å². The first-order valence-corrected chi connectivity index (χ1v) is 9.18. The minimum absolute atomic E-state index is 0.174.